The van der Waals surface area contributed by atoms with Crippen LogP contribution in [-0.2, 0) is 11.8 Å². The molecule has 5 nitrogen and oxygen atoms in total. The summed E-state index contributed by atoms with van der Waals surface area (Å²) in [5.41, 5.74) is 6.46. The molecule has 0 amide bonds. The molecule has 0 bridgehead atoms. The molecule has 0 saturated carbocycles. The third-order valence-electron chi connectivity index (χ3n) is 2.63. The monoisotopic (exact) mass is 210 g/mol. The number of nitrogens with one attached hydrogen (secondary N) is 1. The predicted molar refractivity (Wildman–Crippen MR) is 59.7 cm³/mol. The van der Waals surface area contributed by atoms with Gasteiger partial charge < -0.3 is 15.8 Å². The van der Waals surface area contributed by atoms with E-state index in [0.29, 0.717) is 11.8 Å². The number of aryl methyl sites for hydroxylation is 1. The summed E-state index contributed by atoms with van der Waals surface area (Å²) in [4.78, 5) is 0. The molecule has 1 fully saturated rings. The molecule has 1 aliphatic heterocycles. The van der Waals surface area contributed by atoms with E-state index >= 15 is 0 Å². The Balaban J connectivity index is 1.84. The van der Waals surface area contributed by atoms with Crippen LogP contribution in [-0.4, -0.2) is 29.0 Å². The first-order valence-electron chi connectivity index (χ1n) is 5.40. The fourth-order valence-electron chi connectivity index (χ4n) is 1.82. The maximum absolute atomic E-state index is 5.77. The summed E-state index contributed by atoms with van der Waals surface area (Å²) in [6.07, 6.45) is 5.66. The first-order chi connectivity index (χ1) is 7.25. The van der Waals surface area contributed by atoms with E-state index in [9.17, 15) is 0 Å². The molecule has 15 heavy (non-hydrogen) atoms. The molecule has 1 aromatic rings. The number of rotatable bonds is 3. The molecule has 84 valence electrons. The van der Waals surface area contributed by atoms with Crippen LogP contribution < -0.4 is 11.1 Å². The lowest BCUT2D eigenvalue weighted by Crippen LogP contribution is -2.27. The van der Waals surface area contributed by atoms with Gasteiger partial charge in [-0.25, -0.2) is 0 Å². The average Bonchev–Trinajstić information content (AvgIpc) is 2.56. The van der Waals surface area contributed by atoms with Gasteiger partial charge in [0, 0.05) is 26.4 Å². The van der Waals surface area contributed by atoms with Crippen LogP contribution in [0.3, 0.4) is 0 Å². The van der Waals surface area contributed by atoms with Crippen molar-refractivity contribution in [3.8, 4) is 0 Å². The second-order valence-electron chi connectivity index (χ2n) is 3.98. The number of nitrogens with two attached hydrogens (primary N) is 1. The molecule has 2 rings (SSSR count). The van der Waals surface area contributed by atoms with Crippen molar-refractivity contribution in [2.75, 3.05) is 24.2 Å². The molecule has 1 unspecified atom stereocenters. The number of nitrogen functional groups attached to an aromatic ring is 1. The van der Waals surface area contributed by atoms with Crippen molar-refractivity contribution in [3.63, 3.8) is 0 Å². The van der Waals surface area contributed by atoms with Gasteiger partial charge in [0.15, 0.2) is 5.82 Å². The second-order valence-corrected chi connectivity index (χ2v) is 3.98. The summed E-state index contributed by atoms with van der Waals surface area (Å²) in [6.45, 7) is 1.67. The highest BCUT2D eigenvalue weighted by Gasteiger charge is 2.14. The van der Waals surface area contributed by atoms with Crippen molar-refractivity contribution in [2.45, 2.75) is 25.4 Å². The highest BCUT2D eigenvalue weighted by molar-refractivity contribution is 5.59. The van der Waals surface area contributed by atoms with E-state index in [1.807, 2.05) is 7.05 Å². The van der Waals surface area contributed by atoms with Gasteiger partial charge in [-0.05, 0) is 19.3 Å². The lowest BCUT2D eigenvalue weighted by atomic mass is 10.1. The van der Waals surface area contributed by atoms with E-state index in [-0.39, 0.29) is 0 Å². The van der Waals surface area contributed by atoms with Gasteiger partial charge in [0.05, 0.1) is 11.8 Å². The Hall–Kier alpha value is -1.23. The summed E-state index contributed by atoms with van der Waals surface area (Å²) in [5.74, 6) is 0.756. The fraction of sp³-hybridized carbons (Fsp3) is 0.700. The van der Waals surface area contributed by atoms with Crippen LogP contribution in [0.15, 0.2) is 6.20 Å². The minimum absolute atomic E-state index is 0.306. The van der Waals surface area contributed by atoms with Gasteiger partial charge in [-0.1, -0.05) is 0 Å². The predicted octanol–water partition coefficient (Wildman–Crippen LogP) is 0.983. The third-order valence-corrected chi connectivity index (χ3v) is 2.63. The Morgan fingerprint density at radius 3 is 3.13 bits per heavy atom. The lowest BCUT2D eigenvalue weighted by molar-refractivity contribution is 0.0247. The zero-order valence-corrected chi connectivity index (χ0v) is 9.07. The molecule has 1 atom stereocenters. The van der Waals surface area contributed by atoms with Crippen LogP contribution in [0.1, 0.15) is 19.3 Å². The molecule has 1 aliphatic rings. The minimum atomic E-state index is 0.306. The Bertz CT molecular complexity index is 317. The van der Waals surface area contributed by atoms with Crippen LogP contribution in [0.25, 0.3) is 0 Å². The summed E-state index contributed by atoms with van der Waals surface area (Å²) < 4.78 is 7.32. The number of aromatic nitrogens is 2. The van der Waals surface area contributed by atoms with Crippen molar-refractivity contribution in [1.29, 1.82) is 0 Å². The summed E-state index contributed by atoms with van der Waals surface area (Å²) >= 11 is 0. The smallest absolute Gasteiger partial charge is 0.171 e. The lowest BCUT2D eigenvalue weighted by Gasteiger charge is -2.22. The van der Waals surface area contributed by atoms with Gasteiger partial charge in [-0.3, -0.25) is 4.68 Å². The Morgan fingerprint density at radius 2 is 2.53 bits per heavy atom. The SMILES string of the molecule is Cn1cc(N)c(NCC2CCCCO2)n1. The molecule has 0 aromatic carbocycles. The summed E-state index contributed by atoms with van der Waals surface area (Å²) in [5, 5.41) is 7.44. The second kappa shape index (κ2) is 4.53. The molecule has 0 aliphatic carbocycles. The van der Waals surface area contributed by atoms with Gasteiger partial charge >= 0.3 is 0 Å². The highest BCUT2D eigenvalue weighted by atomic mass is 16.5. The van der Waals surface area contributed by atoms with E-state index in [4.69, 9.17) is 10.5 Å². The number of ether oxygens (including phenoxy) is 1. The number of hydrogen-bond donors (Lipinski definition) is 2. The number of anilines is 2. The van der Waals surface area contributed by atoms with E-state index in [0.717, 1.165) is 25.4 Å². The van der Waals surface area contributed by atoms with Crippen molar-refractivity contribution in [2.24, 2.45) is 7.05 Å². The summed E-state index contributed by atoms with van der Waals surface area (Å²) in [7, 11) is 1.86. The molecule has 0 spiro atoms. The molecular weight excluding hydrogens is 192 g/mol. The van der Waals surface area contributed by atoms with Crippen LogP contribution in [0.5, 0.6) is 0 Å². The fourth-order valence-corrected chi connectivity index (χ4v) is 1.82. The van der Waals surface area contributed by atoms with Gasteiger partial charge in [-0.15, -0.1) is 0 Å². The van der Waals surface area contributed by atoms with Gasteiger partial charge in [0.25, 0.3) is 0 Å². The van der Waals surface area contributed by atoms with Crippen molar-refractivity contribution in [3.05, 3.63) is 6.20 Å². The zero-order valence-electron chi connectivity index (χ0n) is 9.07. The molecule has 3 N–H and O–H groups in total. The van der Waals surface area contributed by atoms with Crippen LogP contribution in [0.4, 0.5) is 11.5 Å². The van der Waals surface area contributed by atoms with Gasteiger partial charge in [0.2, 0.25) is 0 Å². The van der Waals surface area contributed by atoms with Gasteiger partial charge in [-0.2, -0.15) is 5.10 Å². The Labute approximate surface area is 89.6 Å². The van der Waals surface area contributed by atoms with E-state index < -0.39 is 0 Å². The maximum Gasteiger partial charge on any atom is 0.171 e. The van der Waals surface area contributed by atoms with E-state index in [1.54, 1.807) is 10.9 Å². The number of nitrogens with zero attached hydrogens (tertiary/aromatic N) is 2. The van der Waals surface area contributed by atoms with Crippen LogP contribution >= 0.6 is 0 Å². The van der Waals surface area contributed by atoms with Crippen LogP contribution in [0, 0.1) is 0 Å². The normalized spacial score (nSPS) is 21.5. The molecule has 2 heterocycles. The van der Waals surface area contributed by atoms with Crippen molar-refractivity contribution in [1.82, 2.24) is 9.78 Å². The van der Waals surface area contributed by atoms with Crippen LogP contribution in [0.2, 0.25) is 0 Å². The van der Waals surface area contributed by atoms with Crippen molar-refractivity contribution >= 4 is 11.5 Å². The quantitative estimate of drug-likeness (QED) is 0.780. The van der Waals surface area contributed by atoms with E-state index in [2.05, 4.69) is 10.4 Å². The molecule has 1 saturated heterocycles. The number of hydrogen-bond acceptors (Lipinski definition) is 4. The first kappa shape index (κ1) is 10.3. The highest BCUT2D eigenvalue weighted by Crippen LogP contribution is 2.17. The summed E-state index contributed by atoms with van der Waals surface area (Å²) in [6, 6.07) is 0. The molecule has 0 radical (unpaired) electrons. The largest absolute Gasteiger partial charge is 0.394 e. The zero-order chi connectivity index (χ0) is 10.7. The van der Waals surface area contributed by atoms with E-state index in [1.165, 1.54) is 12.8 Å². The first-order valence-corrected chi connectivity index (χ1v) is 5.40. The maximum atomic E-state index is 5.77. The molecule has 5 heteroatoms. The Morgan fingerprint density at radius 1 is 1.67 bits per heavy atom. The topological polar surface area (TPSA) is 65.1 Å². The third kappa shape index (κ3) is 2.62. The van der Waals surface area contributed by atoms with Crippen molar-refractivity contribution < 1.29 is 4.74 Å². The molecule has 1 aromatic heterocycles. The minimum Gasteiger partial charge on any atom is -0.394 e. The van der Waals surface area contributed by atoms with Gasteiger partial charge in [0.1, 0.15) is 0 Å². The average molecular weight is 210 g/mol. The Kier molecular flexibility index (Phi) is 3.11. The standard InChI is InChI=1S/C10H18N4O/c1-14-7-9(11)10(13-14)12-6-8-4-2-3-5-15-8/h7-8H,2-6,11H2,1H3,(H,12,13). The molecular formula is C10H18N4O.